The fraction of sp³-hybridized carbons (Fsp3) is 0.143. The van der Waals surface area contributed by atoms with Crippen molar-refractivity contribution >= 4 is 29.7 Å². The Morgan fingerprint density at radius 3 is 2.46 bits per heavy atom. The number of hydrogen-bond acceptors (Lipinski definition) is 5. The van der Waals surface area contributed by atoms with Gasteiger partial charge in [-0.15, -0.1) is 0 Å². The smallest absolute Gasteiger partial charge is 0.363 e. The van der Waals surface area contributed by atoms with Crippen molar-refractivity contribution in [2.45, 2.75) is 0 Å². The van der Waals surface area contributed by atoms with Crippen LogP contribution in [0.25, 0.3) is 12.2 Å². The first kappa shape index (κ1) is 17.5. The zero-order valence-electron chi connectivity index (χ0n) is 15.0. The maximum atomic E-state index is 12.0. The van der Waals surface area contributed by atoms with Gasteiger partial charge in [0.15, 0.2) is 5.70 Å². The van der Waals surface area contributed by atoms with Crippen LogP contribution >= 0.6 is 0 Å². The summed E-state index contributed by atoms with van der Waals surface area (Å²) in [6, 6.07) is 15.4. The van der Waals surface area contributed by atoms with Crippen LogP contribution in [0.4, 0.5) is 5.69 Å². The second kappa shape index (κ2) is 7.70. The first-order chi connectivity index (χ1) is 12.6. The summed E-state index contributed by atoms with van der Waals surface area (Å²) in [4.78, 5) is 18.3. The van der Waals surface area contributed by atoms with Gasteiger partial charge in [-0.05, 0) is 35.9 Å². The molecular formula is C21H20N2O3. The fourth-order valence-corrected chi connectivity index (χ4v) is 2.49. The molecule has 0 fully saturated rings. The summed E-state index contributed by atoms with van der Waals surface area (Å²) in [5.41, 5.74) is 3.14. The Morgan fingerprint density at radius 1 is 1.04 bits per heavy atom. The molecule has 0 amide bonds. The Morgan fingerprint density at radius 2 is 1.77 bits per heavy atom. The van der Waals surface area contributed by atoms with E-state index in [4.69, 9.17) is 9.47 Å². The first-order valence-corrected chi connectivity index (χ1v) is 8.18. The van der Waals surface area contributed by atoms with Crippen molar-refractivity contribution in [3.63, 3.8) is 0 Å². The van der Waals surface area contributed by atoms with Crippen molar-refractivity contribution in [1.82, 2.24) is 0 Å². The van der Waals surface area contributed by atoms with Crippen LogP contribution in [0.2, 0.25) is 0 Å². The molecule has 2 aromatic rings. The van der Waals surface area contributed by atoms with Gasteiger partial charge < -0.3 is 14.4 Å². The molecule has 5 nitrogen and oxygen atoms in total. The van der Waals surface area contributed by atoms with Crippen molar-refractivity contribution in [1.29, 1.82) is 0 Å². The highest BCUT2D eigenvalue weighted by molar-refractivity contribution is 6.11. The molecule has 1 heterocycles. The van der Waals surface area contributed by atoms with Gasteiger partial charge in [0.25, 0.3) is 0 Å². The number of ether oxygens (including phenoxy) is 2. The van der Waals surface area contributed by atoms with E-state index in [2.05, 4.69) is 4.99 Å². The quantitative estimate of drug-likeness (QED) is 0.610. The zero-order valence-corrected chi connectivity index (χ0v) is 15.0. The van der Waals surface area contributed by atoms with Gasteiger partial charge >= 0.3 is 5.97 Å². The third-order valence-corrected chi connectivity index (χ3v) is 3.89. The van der Waals surface area contributed by atoms with Crippen molar-refractivity contribution in [2.24, 2.45) is 4.99 Å². The number of hydrogen-bond donors (Lipinski definition) is 0. The van der Waals surface area contributed by atoms with Gasteiger partial charge in [-0.1, -0.05) is 30.3 Å². The van der Waals surface area contributed by atoms with Crippen LogP contribution in [0.5, 0.6) is 5.75 Å². The zero-order chi connectivity index (χ0) is 18.5. The predicted octanol–water partition coefficient (Wildman–Crippen LogP) is 3.77. The molecule has 3 rings (SSSR count). The van der Waals surface area contributed by atoms with Gasteiger partial charge in [0.2, 0.25) is 5.90 Å². The average Bonchev–Trinajstić information content (AvgIpc) is 3.00. The van der Waals surface area contributed by atoms with E-state index in [-0.39, 0.29) is 11.6 Å². The van der Waals surface area contributed by atoms with Gasteiger partial charge in [0.05, 0.1) is 7.11 Å². The van der Waals surface area contributed by atoms with Crippen LogP contribution in [0.3, 0.4) is 0 Å². The number of esters is 1. The molecule has 2 aromatic carbocycles. The second-order valence-electron chi connectivity index (χ2n) is 5.93. The van der Waals surface area contributed by atoms with Gasteiger partial charge in [0, 0.05) is 31.4 Å². The Balaban J connectivity index is 1.79. The molecule has 5 heteroatoms. The maximum absolute atomic E-state index is 12.0. The lowest BCUT2D eigenvalue weighted by atomic mass is 10.1. The maximum Gasteiger partial charge on any atom is 0.363 e. The SMILES string of the molecule is COc1ccccc1/C=C/C1=NC(=C\c2ccc(N(C)C)cc2)/C(=O)O1. The topological polar surface area (TPSA) is 51.1 Å². The van der Waals surface area contributed by atoms with Crippen LogP contribution in [-0.2, 0) is 9.53 Å². The highest BCUT2D eigenvalue weighted by Gasteiger charge is 2.21. The number of nitrogens with zero attached hydrogens (tertiary/aromatic N) is 2. The van der Waals surface area contributed by atoms with Gasteiger partial charge in [0.1, 0.15) is 5.75 Å². The number of rotatable bonds is 5. The first-order valence-electron chi connectivity index (χ1n) is 8.18. The van der Waals surface area contributed by atoms with E-state index >= 15 is 0 Å². The third kappa shape index (κ3) is 4.00. The number of para-hydroxylation sites is 1. The Bertz CT molecular complexity index is 894. The minimum absolute atomic E-state index is 0.261. The molecule has 0 bridgehead atoms. The highest BCUT2D eigenvalue weighted by atomic mass is 16.6. The van der Waals surface area contributed by atoms with Crippen molar-refractivity contribution in [2.75, 3.05) is 26.1 Å². The summed E-state index contributed by atoms with van der Waals surface area (Å²) in [6.07, 6.45) is 5.18. The van der Waals surface area contributed by atoms with Crippen molar-refractivity contribution in [3.8, 4) is 5.75 Å². The normalized spacial score (nSPS) is 15.3. The van der Waals surface area contributed by atoms with Gasteiger partial charge in [-0.25, -0.2) is 9.79 Å². The molecule has 0 aliphatic carbocycles. The monoisotopic (exact) mass is 348 g/mol. The number of methoxy groups -OCH3 is 1. The van der Waals surface area contributed by atoms with Crippen LogP contribution in [0.1, 0.15) is 11.1 Å². The number of benzene rings is 2. The van der Waals surface area contributed by atoms with Crippen molar-refractivity contribution in [3.05, 3.63) is 71.4 Å². The van der Waals surface area contributed by atoms with E-state index in [0.717, 1.165) is 22.6 Å². The minimum Gasteiger partial charge on any atom is -0.496 e. The molecule has 0 atom stereocenters. The molecule has 0 aromatic heterocycles. The number of carbonyl (C=O) groups excluding carboxylic acids is 1. The molecule has 0 radical (unpaired) electrons. The molecule has 132 valence electrons. The Hall–Kier alpha value is -3.34. The van der Waals surface area contributed by atoms with Crippen LogP contribution < -0.4 is 9.64 Å². The van der Waals surface area contributed by atoms with Gasteiger partial charge in [-0.2, -0.15) is 0 Å². The third-order valence-electron chi connectivity index (χ3n) is 3.89. The minimum atomic E-state index is -0.457. The molecule has 0 saturated carbocycles. The van der Waals surface area contributed by atoms with E-state index < -0.39 is 5.97 Å². The number of cyclic esters (lactones) is 1. The van der Waals surface area contributed by atoms with Crippen LogP contribution in [0.15, 0.2) is 65.3 Å². The van der Waals surface area contributed by atoms with E-state index in [1.54, 1.807) is 25.3 Å². The van der Waals surface area contributed by atoms with E-state index in [9.17, 15) is 4.79 Å². The van der Waals surface area contributed by atoms with E-state index in [1.165, 1.54) is 0 Å². The summed E-state index contributed by atoms with van der Waals surface area (Å²) in [5, 5.41) is 0. The number of anilines is 1. The van der Waals surface area contributed by atoms with Crippen LogP contribution in [0, 0.1) is 0 Å². The molecule has 0 unspecified atom stereocenters. The highest BCUT2D eigenvalue weighted by Crippen LogP contribution is 2.21. The largest absolute Gasteiger partial charge is 0.496 e. The molecule has 0 saturated heterocycles. The lowest BCUT2D eigenvalue weighted by Gasteiger charge is -2.11. The van der Waals surface area contributed by atoms with Gasteiger partial charge in [-0.3, -0.25) is 0 Å². The summed E-state index contributed by atoms with van der Waals surface area (Å²) < 4.78 is 10.5. The lowest BCUT2D eigenvalue weighted by Crippen LogP contribution is -2.07. The standard InChI is InChI=1S/C21H20N2O3/c1-23(2)17-11-8-15(9-12-17)14-18-21(24)26-20(22-18)13-10-16-6-4-5-7-19(16)25-3/h4-14H,1-3H3/b13-10+,18-14-. The predicted molar refractivity (Wildman–Crippen MR) is 104 cm³/mol. The second-order valence-corrected chi connectivity index (χ2v) is 5.93. The fourth-order valence-electron chi connectivity index (χ4n) is 2.49. The summed E-state index contributed by atoms with van der Waals surface area (Å²) in [7, 11) is 5.57. The summed E-state index contributed by atoms with van der Waals surface area (Å²) in [6.45, 7) is 0. The van der Waals surface area contributed by atoms with Crippen LogP contribution in [-0.4, -0.2) is 33.1 Å². The molecule has 0 N–H and O–H groups in total. The number of carbonyl (C=O) groups is 1. The van der Waals surface area contributed by atoms with E-state index in [1.807, 2.05) is 67.5 Å². The summed E-state index contributed by atoms with van der Waals surface area (Å²) in [5.74, 6) is 0.545. The molecule has 1 aliphatic rings. The molecular weight excluding hydrogens is 328 g/mol. The molecule has 1 aliphatic heterocycles. The van der Waals surface area contributed by atoms with E-state index in [0.29, 0.717) is 0 Å². The van der Waals surface area contributed by atoms with Crippen molar-refractivity contribution < 1.29 is 14.3 Å². The Kier molecular flexibility index (Phi) is 5.17. The number of aliphatic imine (C=N–C) groups is 1. The average molecular weight is 348 g/mol. The molecule has 26 heavy (non-hydrogen) atoms. The lowest BCUT2D eigenvalue weighted by molar-refractivity contribution is -0.129. The summed E-state index contributed by atoms with van der Waals surface area (Å²) >= 11 is 0. The molecule has 0 spiro atoms. The Labute approximate surface area is 152 Å².